The van der Waals surface area contributed by atoms with Gasteiger partial charge in [-0.25, -0.2) is 4.79 Å². The lowest BCUT2D eigenvalue weighted by molar-refractivity contribution is -0.114. The van der Waals surface area contributed by atoms with Crippen molar-refractivity contribution in [2.75, 3.05) is 6.54 Å². The largest absolute Gasteiger partial charge is 0.352 e. The predicted octanol–water partition coefficient (Wildman–Crippen LogP) is 4.96. The molecule has 1 atom stereocenters. The van der Waals surface area contributed by atoms with Crippen LogP contribution in [0.15, 0.2) is 54.6 Å². The molecule has 0 spiro atoms. The number of aldehydes is 1. The maximum Gasteiger partial charge on any atom is 0.315 e. The Hall–Kier alpha value is -3.35. The van der Waals surface area contributed by atoms with E-state index in [1.54, 1.807) is 0 Å². The zero-order valence-electron chi connectivity index (χ0n) is 21.4. The molecule has 3 rings (SSSR count). The van der Waals surface area contributed by atoms with Gasteiger partial charge < -0.3 is 26.1 Å². The van der Waals surface area contributed by atoms with E-state index in [0.29, 0.717) is 32.0 Å². The molecule has 7 nitrogen and oxygen atoms in total. The molecule has 2 aromatic carbocycles. The number of urea groups is 1. The fraction of sp³-hybridized carbons (Fsp3) is 0.483. The highest BCUT2D eigenvalue weighted by molar-refractivity contribution is 5.83. The molecule has 1 aliphatic rings. The van der Waals surface area contributed by atoms with Gasteiger partial charge in [-0.2, -0.15) is 0 Å². The molecule has 1 aliphatic carbocycles. The van der Waals surface area contributed by atoms with Crippen molar-refractivity contribution >= 4 is 18.3 Å². The molecule has 5 N–H and O–H groups in total. The highest BCUT2D eigenvalue weighted by Gasteiger charge is 2.36. The van der Waals surface area contributed by atoms with Crippen molar-refractivity contribution in [2.24, 2.45) is 5.92 Å². The van der Waals surface area contributed by atoms with Gasteiger partial charge in [-0.05, 0) is 35.4 Å². The van der Waals surface area contributed by atoms with Gasteiger partial charge >= 0.3 is 6.03 Å². The summed E-state index contributed by atoms with van der Waals surface area (Å²) in [7, 11) is 0. The molecule has 0 aliphatic heterocycles. The number of benzene rings is 2. The van der Waals surface area contributed by atoms with Gasteiger partial charge in [-0.3, -0.25) is 5.41 Å². The van der Waals surface area contributed by atoms with Crippen LogP contribution in [-0.2, 0) is 23.4 Å². The Balaban J connectivity index is 1.54. The zero-order chi connectivity index (χ0) is 25.6. The number of rotatable bonds is 12. The maximum atomic E-state index is 12.5. The number of hydrogen-bond donors (Lipinski definition) is 5. The molecule has 0 radical (unpaired) electrons. The van der Waals surface area contributed by atoms with Crippen LogP contribution < -0.4 is 21.3 Å². The van der Waals surface area contributed by atoms with Crippen LogP contribution in [-0.4, -0.2) is 24.8 Å². The van der Waals surface area contributed by atoms with E-state index in [-0.39, 0.29) is 12.0 Å². The lowest BCUT2D eigenvalue weighted by atomic mass is 9.77. The topological polar surface area (TPSA) is 106 Å². The highest BCUT2D eigenvalue weighted by Crippen LogP contribution is 2.34. The first kappa shape index (κ1) is 27.2. The summed E-state index contributed by atoms with van der Waals surface area (Å²) in [6.45, 7) is 3.70. The summed E-state index contributed by atoms with van der Waals surface area (Å²) in [4.78, 5) is 24.3. The molecule has 194 valence electrons. The van der Waals surface area contributed by atoms with Crippen LogP contribution >= 0.6 is 0 Å². The Bertz CT molecular complexity index is 957. The molecule has 1 fully saturated rings. The smallest absolute Gasteiger partial charge is 0.315 e. The molecule has 36 heavy (non-hydrogen) atoms. The lowest BCUT2D eigenvalue weighted by Gasteiger charge is -2.35. The van der Waals surface area contributed by atoms with Crippen LogP contribution in [0.1, 0.15) is 75.0 Å². The molecule has 0 aromatic heterocycles. The van der Waals surface area contributed by atoms with Crippen LogP contribution in [0, 0.1) is 11.3 Å². The Morgan fingerprint density at radius 1 is 0.944 bits per heavy atom. The minimum Gasteiger partial charge on any atom is -0.352 e. The second-order valence-corrected chi connectivity index (χ2v) is 9.80. The zero-order valence-corrected chi connectivity index (χ0v) is 21.4. The summed E-state index contributed by atoms with van der Waals surface area (Å²) in [6.07, 6.45) is 9.63. The van der Waals surface area contributed by atoms with Crippen molar-refractivity contribution in [1.82, 2.24) is 21.3 Å². The second kappa shape index (κ2) is 14.3. The monoisotopic (exact) mass is 491 g/mol. The lowest BCUT2D eigenvalue weighted by Crippen LogP contribution is -2.52. The molecule has 1 unspecified atom stereocenters. The Labute approximate surface area is 215 Å². The van der Waals surface area contributed by atoms with Crippen LogP contribution in [0.5, 0.6) is 0 Å². The maximum absolute atomic E-state index is 12.5. The van der Waals surface area contributed by atoms with Gasteiger partial charge in [0.2, 0.25) is 0 Å². The Kier molecular flexibility index (Phi) is 10.8. The van der Waals surface area contributed by atoms with Gasteiger partial charge in [-0.15, -0.1) is 0 Å². The number of carbonyl (C=O) groups is 2. The molecular weight excluding hydrogens is 450 g/mol. The number of nitrogens with one attached hydrogen (secondary N) is 5. The highest BCUT2D eigenvalue weighted by atomic mass is 16.2. The van der Waals surface area contributed by atoms with Crippen molar-refractivity contribution in [1.29, 1.82) is 5.41 Å². The van der Waals surface area contributed by atoms with Gasteiger partial charge in [0, 0.05) is 19.6 Å². The molecule has 1 saturated carbocycles. The van der Waals surface area contributed by atoms with Gasteiger partial charge in [0.05, 0.1) is 0 Å². The van der Waals surface area contributed by atoms with Gasteiger partial charge in [-0.1, -0.05) is 100 Å². The number of carbonyl (C=O) groups excluding carboxylic acids is 2. The van der Waals surface area contributed by atoms with Crippen molar-refractivity contribution in [3.8, 4) is 0 Å². The molecule has 0 saturated heterocycles. The summed E-state index contributed by atoms with van der Waals surface area (Å²) < 4.78 is 0. The summed E-state index contributed by atoms with van der Waals surface area (Å²) in [5.41, 5.74) is 2.00. The summed E-state index contributed by atoms with van der Waals surface area (Å²) >= 11 is 0. The third-order valence-corrected chi connectivity index (χ3v) is 6.93. The van der Waals surface area contributed by atoms with E-state index >= 15 is 0 Å². The van der Waals surface area contributed by atoms with Crippen LogP contribution in [0.4, 0.5) is 4.79 Å². The summed E-state index contributed by atoms with van der Waals surface area (Å²) in [6, 6.07) is 17.5. The van der Waals surface area contributed by atoms with E-state index < -0.39 is 5.54 Å². The fourth-order valence-electron chi connectivity index (χ4n) is 4.83. The quantitative estimate of drug-likeness (QED) is 0.125. The average molecular weight is 492 g/mol. The van der Waals surface area contributed by atoms with Crippen molar-refractivity contribution in [3.63, 3.8) is 0 Å². The SMILES string of the molecule is CCCCNC(=O)NCc1ccc(CNC(=N)NC(C=O)(CC2CCCCC2)c2ccccc2)cc1. The summed E-state index contributed by atoms with van der Waals surface area (Å²) in [5.74, 6) is 0.607. The van der Waals surface area contributed by atoms with E-state index in [1.165, 1.54) is 19.3 Å². The number of unbranched alkanes of at least 4 members (excludes halogenated alkanes) is 1. The molecular formula is C29H41N5O2. The number of guanidine groups is 1. The van der Waals surface area contributed by atoms with Gasteiger partial charge in [0.1, 0.15) is 11.8 Å². The summed E-state index contributed by atoms with van der Waals surface area (Å²) in [5, 5.41) is 20.6. The third-order valence-electron chi connectivity index (χ3n) is 6.93. The van der Waals surface area contributed by atoms with E-state index in [4.69, 9.17) is 5.41 Å². The van der Waals surface area contributed by atoms with Crippen molar-refractivity contribution in [3.05, 3.63) is 71.3 Å². The van der Waals surface area contributed by atoms with Crippen LogP contribution in [0.2, 0.25) is 0 Å². The standard InChI is InChI=1S/C29H41N5O2/c1-2-3-18-31-28(36)33-21-25-16-14-24(15-17-25)20-32-27(30)34-29(22-35,26-12-8-5-9-13-26)19-23-10-6-4-7-11-23/h5,8-9,12-17,22-23H,2-4,6-7,10-11,18-21H2,1H3,(H3,30,32,34)(H2,31,33,36). The molecule has 7 heteroatoms. The van der Waals surface area contributed by atoms with Crippen molar-refractivity contribution in [2.45, 2.75) is 76.9 Å². The normalized spacial score (nSPS) is 15.4. The van der Waals surface area contributed by atoms with Gasteiger partial charge in [0.15, 0.2) is 5.96 Å². The van der Waals surface area contributed by atoms with Gasteiger partial charge in [0.25, 0.3) is 0 Å². The van der Waals surface area contributed by atoms with E-state index in [9.17, 15) is 9.59 Å². The minimum absolute atomic E-state index is 0.135. The number of amides is 2. The molecule has 0 heterocycles. The second-order valence-electron chi connectivity index (χ2n) is 9.80. The Morgan fingerprint density at radius 3 is 2.19 bits per heavy atom. The predicted molar refractivity (Wildman–Crippen MR) is 145 cm³/mol. The first-order valence-electron chi connectivity index (χ1n) is 13.3. The average Bonchev–Trinajstić information content (AvgIpc) is 2.92. The van der Waals surface area contributed by atoms with Crippen molar-refractivity contribution < 1.29 is 9.59 Å². The molecule has 2 aromatic rings. The molecule has 2 amide bonds. The molecule has 0 bridgehead atoms. The van der Waals surface area contributed by atoms with E-state index in [2.05, 4.69) is 28.2 Å². The first-order valence-corrected chi connectivity index (χ1v) is 13.3. The van der Waals surface area contributed by atoms with Crippen LogP contribution in [0.25, 0.3) is 0 Å². The minimum atomic E-state index is -0.916. The third kappa shape index (κ3) is 8.40. The van der Waals surface area contributed by atoms with E-state index in [1.807, 2.05) is 54.6 Å². The first-order chi connectivity index (χ1) is 17.5. The number of hydrogen-bond acceptors (Lipinski definition) is 3. The van der Waals surface area contributed by atoms with Crippen LogP contribution in [0.3, 0.4) is 0 Å². The Morgan fingerprint density at radius 2 is 1.58 bits per heavy atom. The van der Waals surface area contributed by atoms with E-state index in [0.717, 1.165) is 48.7 Å². The fourth-order valence-corrected chi connectivity index (χ4v) is 4.83.